The number of carbonyl (C=O) groups is 1. The molecule has 0 aliphatic heterocycles. The van der Waals surface area contributed by atoms with E-state index in [1.54, 1.807) is 18.3 Å². The molecule has 1 rings (SSSR count). The van der Waals surface area contributed by atoms with E-state index in [1.807, 2.05) is 0 Å². The third-order valence-corrected chi connectivity index (χ3v) is 2.33. The molecule has 1 aromatic heterocycles. The zero-order valence-corrected chi connectivity index (χ0v) is 9.49. The van der Waals surface area contributed by atoms with Crippen molar-refractivity contribution in [3.63, 3.8) is 0 Å². The number of rotatable bonds is 5. The molecular formula is C12H17NO2. The van der Waals surface area contributed by atoms with Gasteiger partial charge in [0.2, 0.25) is 0 Å². The van der Waals surface area contributed by atoms with Gasteiger partial charge in [0.25, 0.3) is 0 Å². The van der Waals surface area contributed by atoms with Gasteiger partial charge in [-0.3, -0.25) is 4.79 Å². The van der Waals surface area contributed by atoms with Crippen LogP contribution < -0.4 is 4.74 Å². The molecule has 0 fully saturated rings. The van der Waals surface area contributed by atoms with Crippen LogP contribution in [0.25, 0.3) is 0 Å². The summed E-state index contributed by atoms with van der Waals surface area (Å²) in [5.41, 5.74) is 0.478. The summed E-state index contributed by atoms with van der Waals surface area (Å²) in [5, 5.41) is 0. The van der Waals surface area contributed by atoms with Crippen molar-refractivity contribution in [3.8, 4) is 5.75 Å². The van der Waals surface area contributed by atoms with Gasteiger partial charge in [-0.2, -0.15) is 0 Å². The summed E-state index contributed by atoms with van der Waals surface area (Å²) in [7, 11) is 0. The molecule has 0 saturated carbocycles. The molecule has 0 aliphatic rings. The first-order chi connectivity index (χ1) is 7.13. The number of hydrogen-bond donors (Lipinski definition) is 0. The number of carbonyl (C=O) groups excluding carboxylic acids is 1. The Hall–Kier alpha value is -1.38. The minimum Gasteiger partial charge on any atom is -0.492 e. The van der Waals surface area contributed by atoms with Crippen molar-refractivity contribution >= 4 is 5.78 Å². The number of Topliss-reactive ketones (excluding diaryl/α,β-unsaturated/α-hetero) is 1. The quantitative estimate of drug-likeness (QED) is 0.697. The van der Waals surface area contributed by atoms with Crippen LogP contribution in [0.5, 0.6) is 5.75 Å². The Kier molecular flexibility index (Phi) is 4.28. The molecule has 82 valence electrons. The van der Waals surface area contributed by atoms with Gasteiger partial charge in [0.05, 0.1) is 12.8 Å². The Morgan fingerprint density at radius 1 is 1.53 bits per heavy atom. The lowest BCUT2D eigenvalue weighted by molar-refractivity contribution is 0.101. The number of ether oxygens (including phenoxy) is 1. The van der Waals surface area contributed by atoms with Gasteiger partial charge in [-0.1, -0.05) is 20.3 Å². The van der Waals surface area contributed by atoms with E-state index in [4.69, 9.17) is 4.74 Å². The van der Waals surface area contributed by atoms with Crippen molar-refractivity contribution in [3.05, 3.63) is 24.0 Å². The lowest BCUT2D eigenvalue weighted by atomic mass is 10.1. The number of aromatic nitrogens is 1. The summed E-state index contributed by atoms with van der Waals surface area (Å²) in [6.45, 7) is 6.46. The lowest BCUT2D eigenvalue weighted by Crippen LogP contribution is -2.07. The van der Waals surface area contributed by atoms with Crippen molar-refractivity contribution in [2.45, 2.75) is 27.2 Å². The summed E-state index contributed by atoms with van der Waals surface area (Å²) < 4.78 is 5.52. The van der Waals surface area contributed by atoms with Crippen LogP contribution in [0.2, 0.25) is 0 Å². The Morgan fingerprint density at radius 3 is 2.73 bits per heavy atom. The monoisotopic (exact) mass is 207 g/mol. The van der Waals surface area contributed by atoms with Crippen LogP contribution in [0.4, 0.5) is 0 Å². The van der Waals surface area contributed by atoms with E-state index in [2.05, 4.69) is 18.8 Å². The molecule has 0 radical (unpaired) electrons. The third-order valence-electron chi connectivity index (χ3n) is 2.33. The van der Waals surface area contributed by atoms with Gasteiger partial charge in [-0.15, -0.1) is 0 Å². The first-order valence-corrected chi connectivity index (χ1v) is 5.23. The number of pyridine rings is 1. The SMILES string of the molecule is CCC(C)COc1ccc(C(C)=O)nc1. The van der Waals surface area contributed by atoms with Crippen LogP contribution in [0.15, 0.2) is 18.3 Å². The van der Waals surface area contributed by atoms with Crippen LogP contribution in [0.1, 0.15) is 37.7 Å². The maximum absolute atomic E-state index is 11.0. The van der Waals surface area contributed by atoms with E-state index in [9.17, 15) is 4.79 Å². The molecule has 1 unspecified atom stereocenters. The van der Waals surface area contributed by atoms with Gasteiger partial charge in [-0.05, 0) is 18.1 Å². The van der Waals surface area contributed by atoms with Crippen molar-refractivity contribution in [1.82, 2.24) is 4.98 Å². The van der Waals surface area contributed by atoms with E-state index in [-0.39, 0.29) is 5.78 Å². The molecule has 1 atom stereocenters. The topological polar surface area (TPSA) is 39.2 Å². The summed E-state index contributed by atoms with van der Waals surface area (Å²) in [4.78, 5) is 15.0. The molecule has 0 aromatic carbocycles. The highest BCUT2D eigenvalue weighted by atomic mass is 16.5. The van der Waals surface area contributed by atoms with Gasteiger partial charge in [0.15, 0.2) is 5.78 Å². The highest BCUT2D eigenvalue weighted by molar-refractivity contribution is 5.92. The fourth-order valence-corrected chi connectivity index (χ4v) is 1.03. The molecule has 0 N–H and O–H groups in total. The van der Waals surface area contributed by atoms with Gasteiger partial charge in [0.1, 0.15) is 11.4 Å². The van der Waals surface area contributed by atoms with Crippen LogP contribution in [-0.4, -0.2) is 17.4 Å². The molecule has 0 bridgehead atoms. The van der Waals surface area contributed by atoms with Crippen molar-refractivity contribution in [2.75, 3.05) is 6.61 Å². The standard InChI is InChI=1S/C12H17NO2/c1-4-9(2)8-15-11-5-6-12(10(3)14)13-7-11/h5-7,9H,4,8H2,1-3H3. The lowest BCUT2D eigenvalue weighted by Gasteiger charge is -2.10. The molecule has 0 saturated heterocycles. The van der Waals surface area contributed by atoms with Crippen LogP contribution in [0, 0.1) is 5.92 Å². The van der Waals surface area contributed by atoms with Crippen molar-refractivity contribution in [2.24, 2.45) is 5.92 Å². The molecular weight excluding hydrogens is 190 g/mol. The zero-order chi connectivity index (χ0) is 11.3. The minimum absolute atomic E-state index is 0.0246. The summed E-state index contributed by atoms with van der Waals surface area (Å²) in [6.07, 6.45) is 2.69. The Labute approximate surface area is 90.5 Å². The summed E-state index contributed by atoms with van der Waals surface area (Å²) >= 11 is 0. The first-order valence-electron chi connectivity index (χ1n) is 5.23. The van der Waals surface area contributed by atoms with Gasteiger partial charge in [0, 0.05) is 6.92 Å². The predicted octanol–water partition coefficient (Wildman–Crippen LogP) is 2.71. The molecule has 1 aromatic rings. The molecule has 0 spiro atoms. The van der Waals surface area contributed by atoms with E-state index in [0.717, 1.165) is 12.2 Å². The second kappa shape index (κ2) is 5.49. The van der Waals surface area contributed by atoms with E-state index < -0.39 is 0 Å². The summed E-state index contributed by atoms with van der Waals surface area (Å²) in [5.74, 6) is 1.24. The van der Waals surface area contributed by atoms with E-state index in [1.165, 1.54) is 6.92 Å². The van der Waals surface area contributed by atoms with Crippen LogP contribution in [0.3, 0.4) is 0 Å². The number of nitrogens with zero attached hydrogens (tertiary/aromatic N) is 1. The molecule has 1 heterocycles. The Bertz CT molecular complexity index is 319. The first kappa shape index (κ1) is 11.7. The van der Waals surface area contributed by atoms with E-state index >= 15 is 0 Å². The fourth-order valence-electron chi connectivity index (χ4n) is 1.03. The van der Waals surface area contributed by atoms with Crippen molar-refractivity contribution < 1.29 is 9.53 Å². The zero-order valence-electron chi connectivity index (χ0n) is 9.49. The number of hydrogen-bond acceptors (Lipinski definition) is 3. The van der Waals surface area contributed by atoms with Gasteiger partial charge in [-0.25, -0.2) is 4.98 Å². The highest BCUT2D eigenvalue weighted by Gasteiger charge is 2.03. The van der Waals surface area contributed by atoms with Crippen LogP contribution >= 0.6 is 0 Å². The highest BCUT2D eigenvalue weighted by Crippen LogP contribution is 2.11. The Balaban J connectivity index is 2.53. The molecule has 3 heteroatoms. The molecule has 0 amide bonds. The third kappa shape index (κ3) is 3.70. The maximum Gasteiger partial charge on any atom is 0.178 e. The molecule has 15 heavy (non-hydrogen) atoms. The molecule has 3 nitrogen and oxygen atoms in total. The fraction of sp³-hybridized carbons (Fsp3) is 0.500. The average molecular weight is 207 g/mol. The predicted molar refractivity (Wildman–Crippen MR) is 59.2 cm³/mol. The van der Waals surface area contributed by atoms with E-state index in [0.29, 0.717) is 18.2 Å². The van der Waals surface area contributed by atoms with Gasteiger partial charge >= 0.3 is 0 Å². The average Bonchev–Trinajstić information content (AvgIpc) is 2.26. The smallest absolute Gasteiger partial charge is 0.178 e. The maximum atomic E-state index is 11.0. The van der Waals surface area contributed by atoms with Crippen LogP contribution in [-0.2, 0) is 0 Å². The number of ketones is 1. The largest absolute Gasteiger partial charge is 0.492 e. The minimum atomic E-state index is -0.0246. The normalized spacial score (nSPS) is 12.2. The molecule has 0 aliphatic carbocycles. The second-order valence-corrected chi connectivity index (χ2v) is 3.76. The summed E-state index contributed by atoms with van der Waals surface area (Å²) in [6, 6.07) is 3.47. The Morgan fingerprint density at radius 2 is 2.27 bits per heavy atom. The second-order valence-electron chi connectivity index (χ2n) is 3.76. The van der Waals surface area contributed by atoms with Crippen molar-refractivity contribution in [1.29, 1.82) is 0 Å². The van der Waals surface area contributed by atoms with Gasteiger partial charge < -0.3 is 4.74 Å².